The molecule has 9 atom stereocenters. The SMILES string of the molecule is CCC(C)CNC(=O)COC1CCC2(C)C(=CCC3C2CCC2(C)C(C(C)CCCC(C)C)CCC32)C1. The summed E-state index contributed by atoms with van der Waals surface area (Å²) in [5, 5.41) is 3.05. The van der Waals surface area contributed by atoms with Crippen LogP contribution in [0.3, 0.4) is 0 Å². The van der Waals surface area contributed by atoms with Crippen LogP contribution >= 0.6 is 0 Å². The topological polar surface area (TPSA) is 38.3 Å². The normalized spacial score (nSPS) is 38.8. The lowest BCUT2D eigenvalue weighted by atomic mass is 9.47. The number of nitrogens with one attached hydrogen (secondary N) is 1. The lowest BCUT2D eigenvalue weighted by Gasteiger charge is -2.58. The van der Waals surface area contributed by atoms with Crippen molar-refractivity contribution in [1.82, 2.24) is 5.32 Å². The molecule has 3 fully saturated rings. The van der Waals surface area contributed by atoms with Crippen molar-refractivity contribution in [3.05, 3.63) is 11.6 Å². The van der Waals surface area contributed by atoms with Crippen molar-refractivity contribution in [3.8, 4) is 0 Å². The molecular weight excluding hydrogens is 454 g/mol. The molecule has 0 bridgehead atoms. The Morgan fingerprint density at radius 1 is 1.05 bits per heavy atom. The highest BCUT2D eigenvalue weighted by atomic mass is 16.5. The Bertz CT molecular complexity index is 804. The van der Waals surface area contributed by atoms with E-state index in [4.69, 9.17) is 4.74 Å². The number of carbonyl (C=O) groups excluding carboxylic acids is 1. The molecule has 0 aromatic heterocycles. The van der Waals surface area contributed by atoms with Gasteiger partial charge in [0.2, 0.25) is 5.91 Å². The van der Waals surface area contributed by atoms with E-state index in [1.807, 2.05) is 0 Å². The van der Waals surface area contributed by atoms with Crippen LogP contribution in [0.2, 0.25) is 0 Å². The third-order valence-electron chi connectivity index (χ3n) is 12.1. The van der Waals surface area contributed by atoms with Crippen molar-refractivity contribution in [1.29, 1.82) is 0 Å². The fourth-order valence-corrected chi connectivity index (χ4v) is 9.47. The van der Waals surface area contributed by atoms with Crippen molar-refractivity contribution >= 4 is 5.91 Å². The van der Waals surface area contributed by atoms with E-state index in [-0.39, 0.29) is 18.6 Å². The Morgan fingerprint density at radius 3 is 2.57 bits per heavy atom. The Kier molecular flexibility index (Phi) is 9.56. The first kappa shape index (κ1) is 29.2. The minimum Gasteiger partial charge on any atom is -0.368 e. The molecule has 4 aliphatic rings. The van der Waals surface area contributed by atoms with E-state index in [9.17, 15) is 4.79 Å². The number of fused-ring (bicyclic) bond motifs is 5. The largest absolute Gasteiger partial charge is 0.368 e. The smallest absolute Gasteiger partial charge is 0.246 e. The van der Waals surface area contributed by atoms with Gasteiger partial charge in [-0.3, -0.25) is 4.79 Å². The van der Waals surface area contributed by atoms with Crippen LogP contribution in [0.15, 0.2) is 11.6 Å². The number of ether oxygens (including phenoxy) is 1. The molecule has 0 heterocycles. The zero-order valence-electron chi connectivity index (χ0n) is 25.4. The van der Waals surface area contributed by atoms with Gasteiger partial charge in [0, 0.05) is 6.54 Å². The molecule has 0 saturated heterocycles. The molecule has 3 heteroatoms. The van der Waals surface area contributed by atoms with Gasteiger partial charge in [-0.15, -0.1) is 0 Å². The molecule has 0 aromatic rings. The molecule has 0 aliphatic heterocycles. The van der Waals surface area contributed by atoms with Crippen LogP contribution in [0, 0.1) is 52.3 Å². The first-order valence-electron chi connectivity index (χ1n) is 16.2. The second kappa shape index (κ2) is 12.1. The number of hydrogen-bond acceptors (Lipinski definition) is 2. The van der Waals surface area contributed by atoms with Crippen LogP contribution in [-0.2, 0) is 9.53 Å². The summed E-state index contributed by atoms with van der Waals surface area (Å²) in [6.07, 6.45) is 18.6. The van der Waals surface area contributed by atoms with Crippen molar-refractivity contribution in [2.24, 2.45) is 52.3 Å². The summed E-state index contributed by atoms with van der Waals surface area (Å²) in [4.78, 5) is 12.3. The number of rotatable bonds is 11. The average Bonchev–Trinajstić information content (AvgIpc) is 3.22. The molecule has 9 unspecified atom stereocenters. The highest BCUT2D eigenvalue weighted by Crippen LogP contribution is 2.67. The Hall–Kier alpha value is -0.830. The molecule has 37 heavy (non-hydrogen) atoms. The lowest BCUT2D eigenvalue weighted by Crippen LogP contribution is -2.51. The zero-order valence-corrected chi connectivity index (χ0v) is 25.4. The van der Waals surface area contributed by atoms with Crippen molar-refractivity contribution in [2.45, 2.75) is 132 Å². The van der Waals surface area contributed by atoms with Crippen molar-refractivity contribution in [2.75, 3.05) is 13.2 Å². The second-order valence-electron chi connectivity index (χ2n) is 14.8. The van der Waals surface area contributed by atoms with Crippen molar-refractivity contribution in [3.63, 3.8) is 0 Å². The average molecular weight is 514 g/mol. The minimum absolute atomic E-state index is 0.0483. The van der Waals surface area contributed by atoms with Gasteiger partial charge in [0.05, 0.1) is 6.10 Å². The van der Waals surface area contributed by atoms with Crippen molar-refractivity contribution < 1.29 is 9.53 Å². The standard InChI is InChI=1S/C34H59NO2/c1-8-24(4)21-35-32(36)22-37-27-16-18-33(6)26(20-27)12-13-28-30-15-14-29(25(5)11-9-10-23(2)3)34(30,7)19-17-31(28)33/h12,23-25,27-31H,8-11,13-22H2,1-7H3,(H,35,36). The predicted octanol–water partition coefficient (Wildman–Crippen LogP) is 8.58. The zero-order chi connectivity index (χ0) is 26.8. The molecule has 212 valence electrons. The predicted molar refractivity (Wildman–Crippen MR) is 155 cm³/mol. The molecule has 3 nitrogen and oxygen atoms in total. The Labute approximate surface area is 229 Å². The molecule has 4 rings (SSSR count). The summed E-state index contributed by atoms with van der Waals surface area (Å²) >= 11 is 0. The Balaban J connectivity index is 1.35. The molecule has 4 aliphatic carbocycles. The van der Waals surface area contributed by atoms with Crippen LogP contribution in [0.4, 0.5) is 0 Å². The van der Waals surface area contributed by atoms with E-state index in [1.54, 1.807) is 5.57 Å². The summed E-state index contributed by atoms with van der Waals surface area (Å²) in [7, 11) is 0. The van der Waals surface area contributed by atoms with Gasteiger partial charge in [-0.25, -0.2) is 0 Å². The van der Waals surface area contributed by atoms with E-state index < -0.39 is 0 Å². The van der Waals surface area contributed by atoms with E-state index in [2.05, 4.69) is 59.9 Å². The Morgan fingerprint density at radius 2 is 1.84 bits per heavy atom. The number of allylic oxidation sites excluding steroid dienone is 1. The maximum absolute atomic E-state index is 12.3. The van der Waals surface area contributed by atoms with Crippen LogP contribution in [0.25, 0.3) is 0 Å². The summed E-state index contributed by atoms with van der Waals surface area (Å²) in [6.45, 7) is 17.9. The third-order valence-corrected chi connectivity index (χ3v) is 12.1. The van der Waals surface area contributed by atoms with E-state index in [0.29, 0.717) is 16.7 Å². The molecule has 0 spiro atoms. The van der Waals surface area contributed by atoms with Crippen LogP contribution in [0.5, 0.6) is 0 Å². The number of amides is 1. The molecule has 1 N–H and O–H groups in total. The molecule has 1 amide bonds. The fraction of sp³-hybridized carbons (Fsp3) is 0.912. The molecule has 0 aromatic carbocycles. The van der Waals surface area contributed by atoms with Gasteiger partial charge in [-0.2, -0.15) is 0 Å². The van der Waals surface area contributed by atoms with Gasteiger partial charge >= 0.3 is 0 Å². The fourth-order valence-electron chi connectivity index (χ4n) is 9.47. The molecule has 3 saturated carbocycles. The quantitative estimate of drug-likeness (QED) is 0.281. The summed E-state index contributed by atoms with van der Waals surface area (Å²) < 4.78 is 6.16. The monoisotopic (exact) mass is 513 g/mol. The lowest BCUT2D eigenvalue weighted by molar-refractivity contribution is -0.129. The number of hydrogen-bond donors (Lipinski definition) is 1. The second-order valence-corrected chi connectivity index (χ2v) is 14.8. The highest BCUT2D eigenvalue weighted by Gasteiger charge is 2.59. The summed E-state index contributed by atoms with van der Waals surface area (Å²) in [5.41, 5.74) is 2.57. The van der Waals surface area contributed by atoms with E-state index in [1.165, 1.54) is 57.8 Å². The highest BCUT2D eigenvalue weighted by molar-refractivity contribution is 5.77. The summed E-state index contributed by atoms with van der Waals surface area (Å²) in [6, 6.07) is 0. The first-order valence-corrected chi connectivity index (χ1v) is 16.2. The maximum Gasteiger partial charge on any atom is 0.246 e. The third kappa shape index (κ3) is 6.17. The van der Waals surface area contributed by atoms with E-state index in [0.717, 1.165) is 61.3 Å². The van der Waals surface area contributed by atoms with E-state index >= 15 is 0 Å². The van der Waals surface area contributed by atoms with Gasteiger partial charge < -0.3 is 10.1 Å². The van der Waals surface area contributed by atoms with Gasteiger partial charge in [0.25, 0.3) is 0 Å². The molecular formula is C34H59NO2. The van der Waals surface area contributed by atoms with Gasteiger partial charge in [-0.1, -0.05) is 85.8 Å². The summed E-state index contributed by atoms with van der Waals surface area (Å²) in [5.74, 6) is 5.87. The van der Waals surface area contributed by atoms with Gasteiger partial charge in [-0.05, 0) is 104 Å². The maximum atomic E-state index is 12.3. The van der Waals surface area contributed by atoms with Gasteiger partial charge in [0.15, 0.2) is 0 Å². The minimum atomic E-state index is 0.0483. The number of carbonyl (C=O) groups is 1. The van der Waals surface area contributed by atoms with Gasteiger partial charge in [0.1, 0.15) is 6.61 Å². The van der Waals surface area contributed by atoms with Crippen LogP contribution in [0.1, 0.15) is 126 Å². The molecule has 0 radical (unpaired) electrons. The van der Waals surface area contributed by atoms with Crippen LogP contribution in [-0.4, -0.2) is 25.2 Å². The first-order chi connectivity index (χ1) is 17.6. The van der Waals surface area contributed by atoms with Crippen LogP contribution < -0.4 is 5.32 Å².